The van der Waals surface area contributed by atoms with Crippen molar-refractivity contribution in [1.29, 1.82) is 0 Å². The molecule has 0 amide bonds. The Morgan fingerprint density at radius 3 is 3.07 bits per heavy atom. The molecule has 0 spiro atoms. The topological polar surface area (TPSA) is 24.1 Å². The van der Waals surface area contributed by atoms with E-state index in [0.29, 0.717) is 6.04 Å². The third kappa shape index (κ3) is 3.10. The Labute approximate surface area is 104 Å². The maximum Gasteiger partial charge on any atom is 0.0648 e. The number of rotatable bonds is 3. The fourth-order valence-corrected chi connectivity index (χ4v) is 2.54. The molecule has 15 heavy (non-hydrogen) atoms. The van der Waals surface area contributed by atoms with E-state index in [1.54, 1.807) is 0 Å². The number of hydrogen-bond donors (Lipinski definition) is 2. The molecule has 1 aromatic carbocycles. The molecule has 0 saturated carbocycles. The number of hydrogen-bond acceptors (Lipinski definition) is 2. The molecular weight excluding hydrogens is 275 g/mol. The van der Waals surface area contributed by atoms with Crippen molar-refractivity contribution in [1.82, 2.24) is 5.32 Å². The van der Waals surface area contributed by atoms with Gasteiger partial charge in [0.2, 0.25) is 0 Å². The summed E-state index contributed by atoms with van der Waals surface area (Å²) < 4.78 is 1.01. The van der Waals surface area contributed by atoms with Crippen molar-refractivity contribution in [3.05, 3.63) is 27.7 Å². The first-order valence-corrected chi connectivity index (χ1v) is 6.35. The SMILES string of the molecule is Clc1cc(Br)ccc1NCC1CCCN1. The van der Waals surface area contributed by atoms with E-state index < -0.39 is 0 Å². The Morgan fingerprint density at radius 1 is 1.53 bits per heavy atom. The summed E-state index contributed by atoms with van der Waals surface area (Å²) in [5.74, 6) is 0. The maximum atomic E-state index is 6.10. The first kappa shape index (κ1) is 11.2. The zero-order valence-corrected chi connectivity index (χ0v) is 10.7. The smallest absolute Gasteiger partial charge is 0.0648 e. The van der Waals surface area contributed by atoms with Crippen LogP contribution in [0.15, 0.2) is 22.7 Å². The number of halogens is 2. The summed E-state index contributed by atoms with van der Waals surface area (Å²) >= 11 is 9.49. The lowest BCUT2D eigenvalue weighted by Gasteiger charge is -2.13. The summed E-state index contributed by atoms with van der Waals surface area (Å²) in [4.78, 5) is 0. The highest BCUT2D eigenvalue weighted by Crippen LogP contribution is 2.25. The van der Waals surface area contributed by atoms with Crippen LogP contribution in [-0.4, -0.2) is 19.1 Å². The van der Waals surface area contributed by atoms with Gasteiger partial charge in [-0.15, -0.1) is 0 Å². The van der Waals surface area contributed by atoms with Crippen molar-refractivity contribution in [2.24, 2.45) is 0 Å². The number of nitrogens with one attached hydrogen (secondary N) is 2. The lowest BCUT2D eigenvalue weighted by molar-refractivity contribution is 0.633. The van der Waals surface area contributed by atoms with Gasteiger partial charge in [-0.25, -0.2) is 0 Å². The van der Waals surface area contributed by atoms with Crippen LogP contribution in [0.25, 0.3) is 0 Å². The summed E-state index contributed by atoms with van der Waals surface area (Å²) in [6.45, 7) is 2.09. The molecule has 1 aromatic rings. The Morgan fingerprint density at radius 2 is 2.40 bits per heavy atom. The minimum absolute atomic E-state index is 0.588. The molecule has 0 aliphatic carbocycles. The first-order chi connectivity index (χ1) is 7.25. The third-order valence-electron chi connectivity index (χ3n) is 2.63. The summed E-state index contributed by atoms with van der Waals surface area (Å²) in [6, 6.07) is 6.49. The molecule has 1 aliphatic heterocycles. The second-order valence-corrected chi connectivity index (χ2v) is 5.12. The minimum Gasteiger partial charge on any atom is -0.382 e. The van der Waals surface area contributed by atoms with Gasteiger partial charge < -0.3 is 10.6 Å². The fraction of sp³-hybridized carbons (Fsp3) is 0.455. The summed E-state index contributed by atoms with van der Waals surface area (Å²) in [5.41, 5.74) is 1.01. The van der Waals surface area contributed by atoms with E-state index in [1.165, 1.54) is 12.8 Å². The first-order valence-electron chi connectivity index (χ1n) is 5.18. The Bertz CT molecular complexity index is 337. The lowest BCUT2D eigenvalue weighted by atomic mass is 10.2. The summed E-state index contributed by atoms with van der Waals surface area (Å²) in [7, 11) is 0. The standard InChI is InChI=1S/C11H14BrClN2/c12-8-3-4-11(10(13)6-8)15-7-9-2-1-5-14-9/h3-4,6,9,14-15H,1-2,5,7H2. The van der Waals surface area contributed by atoms with Crippen LogP contribution < -0.4 is 10.6 Å². The van der Waals surface area contributed by atoms with Crippen molar-refractivity contribution in [2.75, 3.05) is 18.4 Å². The molecule has 0 bridgehead atoms. The van der Waals surface area contributed by atoms with Crippen molar-refractivity contribution in [3.63, 3.8) is 0 Å². The number of benzene rings is 1. The van der Waals surface area contributed by atoms with Gasteiger partial charge >= 0.3 is 0 Å². The minimum atomic E-state index is 0.588. The van der Waals surface area contributed by atoms with E-state index in [4.69, 9.17) is 11.6 Å². The highest BCUT2D eigenvalue weighted by atomic mass is 79.9. The van der Waals surface area contributed by atoms with Crippen molar-refractivity contribution in [3.8, 4) is 0 Å². The molecule has 2 N–H and O–H groups in total. The van der Waals surface area contributed by atoms with Crippen LogP contribution in [0.1, 0.15) is 12.8 Å². The molecule has 1 heterocycles. The monoisotopic (exact) mass is 288 g/mol. The molecule has 1 aliphatic rings. The average Bonchev–Trinajstić information content (AvgIpc) is 2.69. The molecular formula is C11H14BrClN2. The van der Waals surface area contributed by atoms with Gasteiger partial charge in [0, 0.05) is 17.1 Å². The zero-order valence-electron chi connectivity index (χ0n) is 8.39. The van der Waals surface area contributed by atoms with Crippen molar-refractivity contribution >= 4 is 33.2 Å². The third-order valence-corrected chi connectivity index (χ3v) is 3.44. The molecule has 1 fully saturated rings. The van der Waals surface area contributed by atoms with E-state index in [-0.39, 0.29) is 0 Å². The molecule has 2 nitrogen and oxygen atoms in total. The van der Waals surface area contributed by atoms with Crippen LogP contribution in [0.3, 0.4) is 0 Å². The largest absolute Gasteiger partial charge is 0.382 e. The maximum absolute atomic E-state index is 6.10. The van der Waals surface area contributed by atoms with Gasteiger partial charge in [-0.3, -0.25) is 0 Å². The van der Waals surface area contributed by atoms with Gasteiger partial charge in [0.15, 0.2) is 0 Å². The van der Waals surface area contributed by atoms with Crippen LogP contribution in [0.5, 0.6) is 0 Å². The molecule has 0 aromatic heterocycles. The molecule has 4 heteroatoms. The van der Waals surface area contributed by atoms with Crippen LogP contribution in [0, 0.1) is 0 Å². The molecule has 82 valence electrons. The molecule has 2 rings (SSSR count). The molecule has 0 radical (unpaired) electrons. The van der Waals surface area contributed by atoms with Crippen LogP contribution in [0.4, 0.5) is 5.69 Å². The van der Waals surface area contributed by atoms with Gasteiger partial charge in [0.1, 0.15) is 0 Å². The van der Waals surface area contributed by atoms with Gasteiger partial charge in [0.05, 0.1) is 10.7 Å². The van der Waals surface area contributed by atoms with E-state index in [0.717, 1.165) is 28.3 Å². The van der Waals surface area contributed by atoms with Crippen LogP contribution in [0.2, 0.25) is 5.02 Å². The summed E-state index contributed by atoms with van der Waals surface area (Å²) in [6.07, 6.45) is 2.53. The van der Waals surface area contributed by atoms with E-state index in [2.05, 4.69) is 26.6 Å². The highest BCUT2D eigenvalue weighted by molar-refractivity contribution is 9.10. The number of anilines is 1. The fourth-order valence-electron chi connectivity index (χ4n) is 1.80. The van der Waals surface area contributed by atoms with Crippen LogP contribution >= 0.6 is 27.5 Å². The zero-order chi connectivity index (χ0) is 10.7. The van der Waals surface area contributed by atoms with Crippen molar-refractivity contribution < 1.29 is 0 Å². The molecule has 1 atom stereocenters. The summed E-state index contributed by atoms with van der Waals surface area (Å²) in [5, 5.41) is 7.58. The van der Waals surface area contributed by atoms with E-state index >= 15 is 0 Å². The molecule has 1 saturated heterocycles. The quantitative estimate of drug-likeness (QED) is 0.892. The predicted molar refractivity (Wildman–Crippen MR) is 68.7 cm³/mol. The van der Waals surface area contributed by atoms with Gasteiger partial charge in [0.25, 0.3) is 0 Å². The van der Waals surface area contributed by atoms with Crippen molar-refractivity contribution in [2.45, 2.75) is 18.9 Å². The predicted octanol–water partition coefficient (Wildman–Crippen LogP) is 3.27. The highest BCUT2D eigenvalue weighted by Gasteiger charge is 2.13. The Hall–Kier alpha value is -0.250. The lowest BCUT2D eigenvalue weighted by Crippen LogP contribution is -2.29. The second kappa shape index (κ2) is 5.19. The van der Waals surface area contributed by atoms with Gasteiger partial charge in [-0.05, 0) is 37.6 Å². The Kier molecular flexibility index (Phi) is 3.89. The Balaban J connectivity index is 1.92. The molecule has 1 unspecified atom stereocenters. The normalized spacial score (nSPS) is 20.5. The van der Waals surface area contributed by atoms with E-state index in [9.17, 15) is 0 Å². The average molecular weight is 290 g/mol. The second-order valence-electron chi connectivity index (χ2n) is 3.80. The van der Waals surface area contributed by atoms with Gasteiger partial charge in [-0.1, -0.05) is 27.5 Å². The van der Waals surface area contributed by atoms with Gasteiger partial charge in [-0.2, -0.15) is 0 Å². The van der Waals surface area contributed by atoms with E-state index in [1.807, 2.05) is 18.2 Å². The van der Waals surface area contributed by atoms with Crippen LogP contribution in [-0.2, 0) is 0 Å².